The number of hydrogen-bond donors (Lipinski definition) is 1. The number of nitrogens with zero attached hydrogens (tertiary/aromatic N) is 5. The molecule has 1 N–H and O–H groups in total. The number of benzene rings is 1. The number of anilines is 1. The molecule has 0 fully saturated rings. The Bertz CT molecular complexity index is 1400. The van der Waals surface area contributed by atoms with Crippen molar-refractivity contribution in [2.24, 2.45) is 7.05 Å². The van der Waals surface area contributed by atoms with Gasteiger partial charge in [-0.25, -0.2) is 9.97 Å². The summed E-state index contributed by atoms with van der Waals surface area (Å²) in [7, 11) is 1.91. The summed E-state index contributed by atoms with van der Waals surface area (Å²) in [4.78, 5) is 13.6. The Morgan fingerprint density at radius 2 is 1.88 bits per heavy atom. The number of pyridine rings is 1. The van der Waals surface area contributed by atoms with Gasteiger partial charge in [-0.2, -0.15) is 5.10 Å². The Morgan fingerprint density at radius 1 is 0.969 bits per heavy atom. The third-order valence-electron chi connectivity index (χ3n) is 5.45. The molecule has 0 aliphatic carbocycles. The standard InChI is InChI=1S/C25H24N6O/c1-16-15-32-24-5-4-19(9-22(16)24)23-10-25(30-17(2)29-23)27-7-6-18-8-20(12-26-11-18)21-13-28-31(3)14-21/h4-5,8-15H,6-7H2,1-3H3,(H,27,29,30). The molecule has 0 aliphatic heterocycles. The zero-order valence-corrected chi connectivity index (χ0v) is 18.3. The summed E-state index contributed by atoms with van der Waals surface area (Å²) in [5, 5.41) is 8.78. The lowest BCUT2D eigenvalue weighted by atomic mass is 10.1. The van der Waals surface area contributed by atoms with E-state index in [4.69, 9.17) is 4.42 Å². The lowest BCUT2D eigenvalue weighted by Gasteiger charge is -2.09. The van der Waals surface area contributed by atoms with Crippen LogP contribution in [0.4, 0.5) is 5.82 Å². The highest BCUT2D eigenvalue weighted by Gasteiger charge is 2.09. The lowest BCUT2D eigenvalue weighted by Crippen LogP contribution is -2.08. The van der Waals surface area contributed by atoms with Crippen molar-refractivity contribution < 1.29 is 4.42 Å². The molecule has 7 nitrogen and oxygen atoms in total. The summed E-state index contributed by atoms with van der Waals surface area (Å²) in [5.74, 6) is 1.54. The first-order valence-corrected chi connectivity index (χ1v) is 10.6. The van der Waals surface area contributed by atoms with Crippen LogP contribution in [0.2, 0.25) is 0 Å². The first-order valence-electron chi connectivity index (χ1n) is 10.6. The van der Waals surface area contributed by atoms with Gasteiger partial charge in [0, 0.05) is 60.3 Å². The molecule has 1 aromatic carbocycles. The van der Waals surface area contributed by atoms with Gasteiger partial charge in [0.15, 0.2) is 0 Å². The molecule has 4 aromatic heterocycles. The van der Waals surface area contributed by atoms with E-state index in [0.717, 1.165) is 69.1 Å². The fraction of sp³-hybridized carbons (Fsp3) is 0.200. The Balaban J connectivity index is 1.31. The number of nitrogens with one attached hydrogen (secondary N) is 1. The zero-order chi connectivity index (χ0) is 22.1. The van der Waals surface area contributed by atoms with Crippen LogP contribution in [-0.4, -0.2) is 31.3 Å². The van der Waals surface area contributed by atoms with Gasteiger partial charge in [0.25, 0.3) is 0 Å². The number of hydrogen-bond acceptors (Lipinski definition) is 6. The third kappa shape index (κ3) is 4.09. The number of fused-ring (bicyclic) bond motifs is 1. The van der Waals surface area contributed by atoms with Crippen molar-refractivity contribution >= 4 is 16.8 Å². The molecule has 0 spiro atoms. The Kier molecular flexibility index (Phi) is 5.15. The van der Waals surface area contributed by atoms with Crippen LogP contribution in [0.25, 0.3) is 33.4 Å². The maximum Gasteiger partial charge on any atom is 0.134 e. The number of aryl methyl sites for hydroxylation is 3. The largest absolute Gasteiger partial charge is 0.464 e. The fourth-order valence-electron chi connectivity index (χ4n) is 3.81. The molecular formula is C25H24N6O. The average Bonchev–Trinajstić information content (AvgIpc) is 3.39. The van der Waals surface area contributed by atoms with Gasteiger partial charge in [-0.1, -0.05) is 0 Å². The van der Waals surface area contributed by atoms with Crippen LogP contribution in [0.5, 0.6) is 0 Å². The van der Waals surface area contributed by atoms with E-state index in [-0.39, 0.29) is 0 Å². The summed E-state index contributed by atoms with van der Waals surface area (Å²) >= 11 is 0. The molecule has 0 radical (unpaired) electrons. The molecule has 0 bridgehead atoms. The van der Waals surface area contributed by atoms with Gasteiger partial charge >= 0.3 is 0 Å². The van der Waals surface area contributed by atoms with E-state index < -0.39 is 0 Å². The summed E-state index contributed by atoms with van der Waals surface area (Å²) in [6.07, 6.45) is 10.2. The van der Waals surface area contributed by atoms with E-state index in [1.807, 2.05) is 63.9 Å². The molecule has 5 rings (SSSR count). The summed E-state index contributed by atoms with van der Waals surface area (Å²) < 4.78 is 7.36. The number of rotatable bonds is 6. The molecule has 4 heterocycles. The molecule has 0 aliphatic rings. The van der Waals surface area contributed by atoms with Crippen molar-refractivity contribution in [3.8, 4) is 22.4 Å². The van der Waals surface area contributed by atoms with Gasteiger partial charge in [-0.05, 0) is 55.7 Å². The van der Waals surface area contributed by atoms with Gasteiger partial charge in [0.05, 0.1) is 18.2 Å². The van der Waals surface area contributed by atoms with Crippen LogP contribution >= 0.6 is 0 Å². The van der Waals surface area contributed by atoms with Gasteiger partial charge in [-0.3, -0.25) is 9.67 Å². The maximum atomic E-state index is 5.57. The van der Waals surface area contributed by atoms with E-state index in [9.17, 15) is 0 Å². The SMILES string of the molecule is Cc1nc(NCCc2cncc(-c3cnn(C)c3)c2)cc(-c2ccc3occ(C)c3c2)n1. The first kappa shape index (κ1) is 19.9. The first-order chi connectivity index (χ1) is 15.5. The normalized spacial score (nSPS) is 11.2. The maximum absolute atomic E-state index is 5.57. The second kappa shape index (κ2) is 8.26. The smallest absolute Gasteiger partial charge is 0.134 e. The van der Waals surface area contributed by atoms with Gasteiger partial charge in [0.2, 0.25) is 0 Å². The van der Waals surface area contributed by atoms with Gasteiger partial charge in [-0.15, -0.1) is 0 Å². The quantitative estimate of drug-likeness (QED) is 0.415. The van der Waals surface area contributed by atoms with Crippen molar-refractivity contribution in [2.75, 3.05) is 11.9 Å². The second-order valence-corrected chi connectivity index (χ2v) is 7.98. The van der Waals surface area contributed by atoms with Crippen molar-refractivity contribution in [2.45, 2.75) is 20.3 Å². The molecule has 160 valence electrons. The highest BCUT2D eigenvalue weighted by Crippen LogP contribution is 2.27. The monoisotopic (exact) mass is 424 g/mol. The minimum absolute atomic E-state index is 0.731. The minimum Gasteiger partial charge on any atom is -0.464 e. The highest BCUT2D eigenvalue weighted by atomic mass is 16.3. The molecule has 0 saturated carbocycles. The lowest BCUT2D eigenvalue weighted by molar-refractivity contribution is 0.613. The van der Waals surface area contributed by atoms with Crippen molar-refractivity contribution in [1.29, 1.82) is 0 Å². The molecule has 0 saturated heterocycles. The summed E-state index contributed by atoms with van der Waals surface area (Å²) in [6.45, 7) is 4.71. The second-order valence-electron chi connectivity index (χ2n) is 7.98. The molecule has 0 amide bonds. The third-order valence-corrected chi connectivity index (χ3v) is 5.45. The van der Waals surface area contributed by atoms with Crippen molar-refractivity contribution in [1.82, 2.24) is 24.7 Å². The van der Waals surface area contributed by atoms with Gasteiger partial charge in [0.1, 0.15) is 17.2 Å². The van der Waals surface area contributed by atoms with Crippen LogP contribution in [0.1, 0.15) is 17.0 Å². The Morgan fingerprint density at radius 3 is 2.72 bits per heavy atom. The van der Waals surface area contributed by atoms with E-state index >= 15 is 0 Å². The van der Waals surface area contributed by atoms with Gasteiger partial charge < -0.3 is 9.73 Å². The fourth-order valence-corrected chi connectivity index (χ4v) is 3.81. The van der Waals surface area contributed by atoms with Crippen LogP contribution in [-0.2, 0) is 13.5 Å². The number of aromatic nitrogens is 5. The minimum atomic E-state index is 0.731. The Hall–Kier alpha value is -4.00. The summed E-state index contributed by atoms with van der Waals surface area (Å²) in [5.41, 5.74) is 7.24. The van der Waals surface area contributed by atoms with E-state index in [1.165, 1.54) is 0 Å². The van der Waals surface area contributed by atoms with E-state index in [0.29, 0.717) is 0 Å². The predicted octanol–water partition coefficient (Wildman–Crippen LogP) is 4.96. The molecule has 32 heavy (non-hydrogen) atoms. The number of furan rings is 1. The molecule has 7 heteroatoms. The summed E-state index contributed by atoms with van der Waals surface area (Å²) in [6, 6.07) is 10.3. The molecule has 5 aromatic rings. The molecule has 0 unspecified atom stereocenters. The van der Waals surface area contributed by atoms with Crippen LogP contribution in [0.3, 0.4) is 0 Å². The molecule has 0 atom stereocenters. The van der Waals surface area contributed by atoms with E-state index in [1.54, 1.807) is 10.9 Å². The molecular weight excluding hydrogens is 400 g/mol. The zero-order valence-electron chi connectivity index (χ0n) is 18.3. The topological polar surface area (TPSA) is 81.7 Å². The predicted molar refractivity (Wildman–Crippen MR) is 125 cm³/mol. The highest BCUT2D eigenvalue weighted by molar-refractivity contribution is 5.85. The van der Waals surface area contributed by atoms with Crippen LogP contribution < -0.4 is 5.32 Å². The Labute approximate surface area is 186 Å². The van der Waals surface area contributed by atoms with Crippen molar-refractivity contribution in [3.05, 3.63) is 78.3 Å². The van der Waals surface area contributed by atoms with Crippen LogP contribution in [0.15, 0.2) is 65.8 Å². The van der Waals surface area contributed by atoms with Crippen LogP contribution in [0, 0.1) is 13.8 Å². The van der Waals surface area contributed by atoms with Crippen molar-refractivity contribution in [3.63, 3.8) is 0 Å². The van der Waals surface area contributed by atoms with E-state index in [2.05, 4.69) is 37.5 Å². The average molecular weight is 425 g/mol.